The van der Waals surface area contributed by atoms with Crippen molar-refractivity contribution >= 4 is 29.2 Å². The molecule has 2 aromatic carbocycles. The summed E-state index contributed by atoms with van der Waals surface area (Å²) in [6, 6.07) is 23.6. The number of furan rings is 2. The summed E-state index contributed by atoms with van der Waals surface area (Å²) in [4.78, 5) is 29.9. The second kappa shape index (κ2) is 12.1. The number of halogens is 1. The molecule has 2 heterocycles. The summed E-state index contributed by atoms with van der Waals surface area (Å²) in [6.45, 7) is 2.65. The summed E-state index contributed by atoms with van der Waals surface area (Å²) in [5.74, 6) is 1.84. The highest BCUT2D eigenvalue weighted by Gasteiger charge is 2.23. The molecule has 1 N–H and O–H groups in total. The topological polar surface area (TPSA) is 78.9 Å². The van der Waals surface area contributed by atoms with Crippen molar-refractivity contribution < 1.29 is 18.4 Å². The quantitative estimate of drug-likeness (QED) is 0.281. The molecular formula is C28H28ClN3O4. The van der Waals surface area contributed by atoms with Gasteiger partial charge in [0.15, 0.2) is 0 Å². The number of hydrogen-bond acceptors (Lipinski definition) is 4. The molecule has 0 atom stereocenters. The van der Waals surface area contributed by atoms with Crippen LogP contribution in [0.4, 0.5) is 10.5 Å². The molecule has 0 aliphatic carbocycles. The summed E-state index contributed by atoms with van der Waals surface area (Å²) >= 11 is 6.06. The first kappa shape index (κ1) is 25.1. The predicted octanol–water partition coefficient (Wildman–Crippen LogP) is 6.14. The van der Waals surface area contributed by atoms with E-state index in [-0.39, 0.29) is 19.0 Å². The van der Waals surface area contributed by atoms with Crippen LogP contribution < -0.4 is 5.32 Å². The van der Waals surface area contributed by atoms with Gasteiger partial charge in [0.25, 0.3) is 0 Å². The minimum Gasteiger partial charge on any atom is -0.467 e. The number of rotatable bonds is 10. The van der Waals surface area contributed by atoms with E-state index in [1.54, 1.807) is 41.3 Å². The van der Waals surface area contributed by atoms with Crippen LogP contribution in [0.3, 0.4) is 0 Å². The first-order valence-electron chi connectivity index (χ1n) is 11.7. The molecule has 7 nitrogen and oxygen atoms in total. The molecular weight excluding hydrogens is 478 g/mol. The van der Waals surface area contributed by atoms with E-state index >= 15 is 0 Å². The molecule has 0 saturated carbocycles. The molecule has 0 unspecified atom stereocenters. The van der Waals surface area contributed by atoms with Gasteiger partial charge in [-0.2, -0.15) is 0 Å². The Morgan fingerprint density at radius 2 is 1.69 bits per heavy atom. The Kier molecular flexibility index (Phi) is 8.47. The maximum absolute atomic E-state index is 13.5. The van der Waals surface area contributed by atoms with E-state index in [0.717, 1.165) is 11.3 Å². The molecule has 0 radical (unpaired) electrons. The maximum Gasteiger partial charge on any atom is 0.322 e. The second-order valence-electron chi connectivity index (χ2n) is 8.44. The number of nitrogens with one attached hydrogen (secondary N) is 1. The van der Waals surface area contributed by atoms with E-state index in [4.69, 9.17) is 20.4 Å². The van der Waals surface area contributed by atoms with E-state index in [1.807, 2.05) is 49.4 Å². The lowest BCUT2D eigenvalue weighted by Gasteiger charge is -2.27. The summed E-state index contributed by atoms with van der Waals surface area (Å²) in [7, 11) is 0. The van der Waals surface area contributed by atoms with Gasteiger partial charge in [-0.15, -0.1) is 0 Å². The minimum atomic E-state index is -0.432. The number of benzene rings is 2. The largest absolute Gasteiger partial charge is 0.467 e. The smallest absolute Gasteiger partial charge is 0.322 e. The maximum atomic E-state index is 13.5. The van der Waals surface area contributed by atoms with Crippen LogP contribution in [0.1, 0.15) is 22.8 Å². The van der Waals surface area contributed by atoms with Crippen molar-refractivity contribution in [2.24, 2.45) is 0 Å². The van der Waals surface area contributed by atoms with Crippen LogP contribution in [0.15, 0.2) is 94.0 Å². The lowest BCUT2D eigenvalue weighted by atomic mass is 10.1. The van der Waals surface area contributed by atoms with E-state index in [0.29, 0.717) is 41.7 Å². The van der Waals surface area contributed by atoms with Gasteiger partial charge >= 0.3 is 6.03 Å². The molecule has 4 rings (SSSR count). The summed E-state index contributed by atoms with van der Waals surface area (Å²) in [5, 5.41) is 3.32. The Labute approximate surface area is 215 Å². The highest BCUT2D eigenvalue weighted by molar-refractivity contribution is 6.30. The SMILES string of the molecule is Cc1ccc(CN(CCc2ccccc2)C(=O)CN(Cc2ccco2)C(=O)Nc2cccc(Cl)c2)o1. The molecule has 2 aromatic heterocycles. The number of aryl methyl sites for hydroxylation is 1. The Bertz CT molecular complexity index is 1270. The molecule has 0 aliphatic rings. The summed E-state index contributed by atoms with van der Waals surface area (Å²) in [6.07, 6.45) is 2.22. The average Bonchev–Trinajstić information content (AvgIpc) is 3.53. The summed E-state index contributed by atoms with van der Waals surface area (Å²) < 4.78 is 11.2. The molecule has 0 aliphatic heterocycles. The lowest BCUT2D eigenvalue weighted by Crippen LogP contribution is -2.44. The zero-order valence-corrected chi connectivity index (χ0v) is 20.8. The molecule has 36 heavy (non-hydrogen) atoms. The van der Waals surface area contributed by atoms with Crippen molar-refractivity contribution in [2.75, 3.05) is 18.4 Å². The molecule has 186 valence electrons. The summed E-state index contributed by atoms with van der Waals surface area (Å²) in [5.41, 5.74) is 1.66. The van der Waals surface area contributed by atoms with Crippen molar-refractivity contribution in [3.05, 3.63) is 113 Å². The Morgan fingerprint density at radius 3 is 2.39 bits per heavy atom. The van der Waals surface area contributed by atoms with Gasteiger partial charge in [-0.3, -0.25) is 4.79 Å². The normalized spacial score (nSPS) is 10.7. The molecule has 3 amide bonds. The molecule has 0 fully saturated rings. The van der Waals surface area contributed by atoms with Gasteiger partial charge in [-0.05, 0) is 61.4 Å². The van der Waals surface area contributed by atoms with E-state index in [1.165, 1.54) is 11.2 Å². The van der Waals surface area contributed by atoms with Crippen LogP contribution >= 0.6 is 11.6 Å². The van der Waals surface area contributed by atoms with Gasteiger partial charge in [0.05, 0.1) is 19.4 Å². The number of nitrogens with zero attached hydrogens (tertiary/aromatic N) is 2. The van der Waals surface area contributed by atoms with Crippen molar-refractivity contribution in [3.63, 3.8) is 0 Å². The predicted molar refractivity (Wildman–Crippen MR) is 139 cm³/mol. The molecule has 4 aromatic rings. The monoisotopic (exact) mass is 505 g/mol. The average molecular weight is 506 g/mol. The fraction of sp³-hybridized carbons (Fsp3) is 0.214. The van der Waals surface area contributed by atoms with Crippen molar-refractivity contribution in [1.29, 1.82) is 0 Å². The zero-order chi connectivity index (χ0) is 25.3. The molecule has 0 saturated heterocycles. The Hall–Kier alpha value is -3.97. The van der Waals surface area contributed by atoms with Crippen LogP contribution in [0.5, 0.6) is 0 Å². The third-order valence-electron chi connectivity index (χ3n) is 5.62. The number of carbonyl (C=O) groups is 2. The van der Waals surface area contributed by atoms with Crippen molar-refractivity contribution in [3.8, 4) is 0 Å². The van der Waals surface area contributed by atoms with E-state index in [9.17, 15) is 9.59 Å². The fourth-order valence-electron chi connectivity index (χ4n) is 3.78. The number of amides is 3. The third-order valence-corrected chi connectivity index (χ3v) is 5.86. The van der Waals surface area contributed by atoms with Gasteiger partial charge in [0, 0.05) is 17.3 Å². The molecule has 8 heteroatoms. The number of carbonyl (C=O) groups excluding carboxylic acids is 2. The fourth-order valence-corrected chi connectivity index (χ4v) is 3.97. The first-order chi connectivity index (χ1) is 17.5. The number of anilines is 1. The van der Waals surface area contributed by atoms with Gasteiger partial charge < -0.3 is 24.0 Å². The Balaban J connectivity index is 1.50. The lowest BCUT2D eigenvalue weighted by molar-refractivity contribution is -0.132. The minimum absolute atomic E-state index is 0.136. The van der Waals surface area contributed by atoms with Crippen LogP contribution in [-0.4, -0.2) is 34.8 Å². The van der Waals surface area contributed by atoms with Gasteiger partial charge in [-0.25, -0.2) is 4.79 Å². The third kappa shape index (κ3) is 7.26. The van der Waals surface area contributed by atoms with Crippen LogP contribution in [0.2, 0.25) is 5.02 Å². The van der Waals surface area contributed by atoms with Gasteiger partial charge in [0.2, 0.25) is 5.91 Å². The van der Waals surface area contributed by atoms with E-state index < -0.39 is 6.03 Å². The molecule has 0 spiro atoms. The number of urea groups is 1. The first-order valence-corrected chi connectivity index (χ1v) is 12.0. The Morgan fingerprint density at radius 1 is 0.889 bits per heavy atom. The highest BCUT2D eigenvalue weighted by Crippen LogP contribution is 2.17. The van der Waals surface area contributed by atoms with E-state index in [2.05, 4.69) is 5.32 Å². The highest BCUT2D eigenvalue weighted by atomic mass is 35.5. The number of hydrogen-bond donors (Lipinski definition) is 1. The van der Waals surface area contributed by atoms with Gasteiger partial charge in [-0.1, -0.05) is 48.0 Å². The van der Waals surface area contributed by atoms with Crippen LogP contribution in [0.25, 0.3) is 0 Å². The second-order valence-corrected chi connectivity index (χ2v) is 8.88. The van der Waals surface area contributed by atoms with Crippen molar-refractivity contribution in [2.45, 2.75) is 26.4 Å². The van der Waals surface area contributed by atoms with Gasteiger partial charge in [0.1, 0.15) is 23.8 Å². The van der Waals surface area contributed by atoms with Crippen LogP contribution in [0, 0.1) is 6.92 Å². The van der Waals surface area contributed by atoms with Crippen molar-refractivity contribution in [1.82, 2.24) is 9.80 Å². The van der Waals surface area contributed by atoms with Crippen LogP contribution in [-0.2, 0) is 24.3 Å². The zero-order valence-electron chi connectivity index (χ0n) is 20.0. The molecule has 0 bridgehead atoms. The standard InChI is InChI=1S/C28H28ClN3O4/c1-21-12-13-26(36-21)19-31(15-14-22-7-3-2-4-8-22)27(33)20-32(18-25-11-6-16-35-25)28(34)30-24-10-5-9-23(29)17-24/h2-13,16-17H,14-15,18-20H2,1H3,(H,30,34).